The Balaban J connectivity index is 1.63. The Morgan fingerprint density at radius 2 is 1.90 bits per heavy atom. The minimum Gasteiger partial charge on any atom is -0.483 e. The second kappa shape index (κ2) is 10.4. The van der Waals surface area contributed by atoms with Crippen LogP contribution in [0, 0.1) is 0 Å². The molecule has 1 unspecified atom stereocenters. The highest BCUT2D eigenvalue weighted by Gasteiger charge is 2.19. The molecule has 0 aliphatic rings. The standard InChI is InChI=1S/C22H23N5O3S/c1-3-13-27-21(15(2)30-18-7-5-4-6-8-18)25-26-22(27)31-14-19(28)24-17-11-9-16(10-12-17)20(23)29/h3-12,15H,1,13-14H2,2H3,(H2,23,29)(H,24,28). The molecule has 0 aliphatic heterocycles. The number of amides is 2. The van der Waals surface area contributed by atoms with E-state index in [-0.39, 0.29) is 17.8 Å². The van der Waals surface area contributed by atoms with Gasteiger partial charge in [0.15, 0.2) is 17.1 Å². The first kappa shape index (κ1) is 22.1. The van der Waals surface area contributed by atoms with Crippen molar-refractivity contribution in [1.29, 1.82) is 0 Å². The van der Waals surface area contributed by atoms with Crippen LogP contribution in [0.15, 0.2) is 72.4 Å². The zero-order valence-corrected chi connectivity index (χ0v) is 17.8. The van der Waals surface area contributed by atoms with E-state index in [1.807, 2.05) is 41.8 Å². The third kappa shape index (κ3) is 5.95. The van der Waals surface area contributed by atoms with Crippen LogP contribution in [-0.2, 0) is 11.3 Å². The molecule has 1 aromatic heterocycles. The number of primary amides is 1. The summed E-state index contributed by atoms with van der Waals surface area (Å²) in [7, 11) is 0. The number of allylic oxidation sites excluding steroid dienone is 1. The van der Waals surface area contributed by atoms with Crippen molar-refractivity contribution in [2.45, 2.75) is 24.7 Å². The van der Waals surface area contributed by atoms with Crippen LogP contribution in [0.3, 0.4) is 0 Å². The number of nitrogens with two attached hydrogens (primary N) is 1. The molecule has 9 heteroatoms. The maximum absolute atomic E-state index is 12.3. The van der Waals surface area contributed by atoms with Crippen LogP contribution >= 0.6 is 11.8 Å². The van der Waals surface area contributed by atoms with Gasteiger partial charge in [0.2, 0.25) is 11.8 Å². The predicted molar refractivity (Wildman–Crippen MR) is 120 cm³/mol. The summed E-state index contributed by atoms with van der Waals surface area (Å²) in [5, 5.41) is 11.9. The smallest absolute Gasteiger partial charge is 0.248 e. The van der Waals surface area contributed by atoms with E-state index >= 15 is 0 Å². The van der Waals surface area contributed by atoms with E-state index in [0.717, 1.165) is 5.75 Å². The molecule has 2 aromatic carbocycles. The second-order valence-corrected chi connectivity index (χ2v) is 7.53. The number of para-hydroxylation sites is 1. The number of anilines is 1. The summed E-state index contributed by atoms with van der Waals surface area (Å²) >= 11 is 1.27. The lowest BCUT2D eigenvalue weighted by molar-refractivity contribution is -0.113. The van der Waals surface area contributed by atoms with E-state index < -0.39 is 5.91 Å². The molecule has 2 amide bonds. The van der Waals surface area contributed by atoms with Crippen molar-refractivity contribution < 1.29 is 14.3 Å². The van der Waals surface area contributed by atoms with Gasteiger partial charge in [0.1, 0.15) is 5.75 Å². The van der Waals surface area contributed by atoms with Crippen molar-refractivity contribution >= 4 is 29.3 Å². The molecule has 0 spiro atoms. The number of hydrogen-bond acceptors (Lipinski definition) is 6. The average Bonchev–Trinajstić information content (AvgIpc) is 3.16. The summed E-state index contributed by atoms with van der Waals surface area (Å²) in [6.45, 7) is 6.18. The van der Waals surface area contributed by atoms with Gasteiger partial charge in [0.05, 0.1) is 5.75 Å². The average molecular weight is 438 g/mol. The zero-order chi connectivity index (χ0) is 22.2. The number of carbonyl (C=O) groups excluding carboxylic acids is 2. The Hall–Kier alpha value is -3.59. The molecule has 160 valence electrons. The van der Waals surface area contributed by atoms with Crippen LogP contribution in [0.1, 0.15) is 29.2 Å². The zero-order valence-electron chi connectivity index (χ0n) is 17.0. The van der Waals surface area contributed by atoms with Gasteiger partial charge in [0, 0.05) is 17.8 Å². The van der Waals surface area contributed by atoms with E-state index in [1.54, 1.807) is 30.3 Å². The topological polar surface area (TPSA) is 112 Å². The van der Waals surface area contributed by atoms with Crippen molar-refractivity contribution in [3.05, 3.63) is 78.6 Å². The van der Waals surface area contributed by atoms with Crippen molar-refractivity contribution in [3.8, 4) is 5.75 Å². The lowest BCUT2D eigenvalue weighted by Gasteiger charge is -2.15. The van der Waals surface area contributed by atoms with Gasteiger partial charge < -0.3 is 15.8 Å². The lowest BCUT2D eigenvalue weighted by atomic mass is 10.2. The van der Waals surface area contributed by atoms with Gasteiger partial charge in [-0.15, -0.1) is 16.8 Å². The fourth-order valence-electron chi connectivity index (χ4n) is 2.81. The molecular formula is C22H23N5O3S. The van der Waals surface area contributed by atoms with Crippen molar-refractivity contribution in [2.24, 2.45) is 5.73 Å². The van der Waals surface area contributed by atoms with E-state index in [0.29, 0.717) is 28.8 Å². The van der Waals surface area contributed by atoms with E-state index in [2.05, 4.69) is 22.1 Å². The van der Waals surface area contributed by atoms with Crippen molar-refractivity contribution in [2.75, 3.05) is 11.1 Å². The minimum atomic E-state index is -0.517. The highest BCUT2D eigenvalue weighted by molar-refractivity contribution is 7.99. The van der Waals surface area contributed by atoms with Crippen LogP contribution in [-0.4, -0.2) is 32.3 Å². The number of ether oxygens (including phenoxy) is 1. The molecule has 3 rings (SSSR count). The Morgan fingerprint density at radius 3 is 2.55 bits per heavy atom. The molecule has 3 aromatic rings. The van der Waals surface area contributed by atoms with Crippen LogP contribution < -0.4 is 15.8 Å². The van der Waals surface area contributed by atoms with E-state index in [9.17, 15) is 9.59 Å². The number of hydrogen-bond donors (Lipinski definition) is 2. The molecule has 0 bridgehead atoms. The van der Waals surface area contributed by atoms with Gasteiger partial charge in [-0.1, -0.05) is 36.0 Å². The van der Waals surface area contributed by atoms with Gasteiger partial charge in [-0.3, -0.25) is 14.2 Å². The summed E-state index contributed by atoms with van der Waals surface area (Å²) in [6.07, 6.45) is 1.41. The maximum atomic E-state index is 12.3. The number of benzene rings is 2. The first-order valence-electron chi connectivity index (χ1n) is 9.56. The Labute approximate surface area is 184 Å². The number of thioether (sulfide) groups is 1. The maximum Gasteiger partial charge on any atom is 0.248 e. The van der Waals surface area contributed by atoms with E-state index in [1.165, 1.54) is 11.8 Å². The van der Waals surface area contributed by atoms with Crippen LogP contribution in [0.5, 0.6) is 5.75 Å². The Morgan fingerprint density at radius 1 is 1.19 bits per heavy atom. The molecule has 1 atom stereocenters. The number of aromatic nitrogens is 3. The summed E-state index contributed by atoms with van der Waals surface area (Å²) in [5.41, 5.74) is 6.18. The van der Waals surface area contributed by atoms with Crippen LogP contribution in [0.4, 0.5) is 5.69 Å². The number of nitrogens with zero attached hydrogens (tertiary/aromatic N) is 3. The molecule has 0 fully saturated rings. The molecule has 0 radical (unpaired) electrons. The molecule has 31 heavy (non-hydrogen) atoms. The number of carbonyl (C=O) groups is 2. The number of nitrogens with one attached hydrogen (secondary N) is 1. The minimum absolute atomic E-state index is 0.140. The summed E-state index contributed by atoms with van der Waals surface area (Å²) in [6, 6.07) is 15.9. The quantitative estimate of drug-likeness (QED) is 0.371. The van der Waals surface area contributed by atoms with Gasteiger partial charge in [-0.2, -0.15) is 0 Å². The highest BCUT2D eigenvalue weighted by Crippen LogP contribution is 2.24. The second-order valence-electron chi connectivity index (χ2n) is 6.59. The lowest BCUT2D eigenvalue weighted by Crippen LogP contribution is -2.16. The summed E-state index contributed by atoms with van der Waals surface area (Å²) in [4.78, 5) is 23.5. The molecule has 8 nitrogen and oxygen atoms in total. The fourth-order valence-corrected chi connectivity index (χ4v) is 3.56. The van der Waals surface area contributed by atoms with Gasteiger partial charge in [0.25, 0.3) is 0 Å². The van der Waals surface area contributed by atoms with Gasteiger partial charge in [-0.05, 0) is 43.3 Å². The Bertz CT molecular complexity index is 1050. The van der Waals surface area contributed by atoms with Crippen molar-refractivity contribution in [3.63, 3.8) is 0 Å². The first-order chi connectivity index (χ1) is 15.0. The summed E-state index contributed by atoms with van der Waals surface area (Å²) in [5.74, 6) is 0.796. The molecular weight excluding hydrogens is 414 g/mol. The normalized spacial score (nSPS) is 11.5. The van der Waals surface area contributed by atoms with Crippen LogP contribution in [0.25, 0.3) is 0 Å². The van der Waals surface area contributed by atoms with Gasteiger partial charge in [-0.25, -0.2) is 0 Å². The third-order valence-electron chi connectivity index (χ3n) is 4.26. The first-order valence-corrected chi connectivity index (χ1v) is 10.5. The Kier molecular flexibility index (Phi) is 7.45. The molecule has 3 N–H and O–H groups in total. The largest absolute Gasteiger partial charge is 0.483 e. The van der Waals surface area contributed by atoms with Crippen molar-refractivity contribution in [1.82, 2.24) is 14.8 Å². The van der Waals surface area contributed by atoms with Crippen LogP contribution in [0.2, 0.25) is 0 Å². The monoisotopic (exact) mass is 437 g/mol. The van der Waals surface area contributed by atoms with E-state index in [4.69, 9.17) is 10.5 Å². The molecule has 0 saturated carbocycles. The molecule has 1 heterocycles. The number of rotatable bonds is 10. The fraction of sp³-hybridized carbons (Fsp3) is 0.182. The van der Waals surface area contributed by atoms with Gasteiger partial charge >= 0.3 is 0 Å². The highest BCUT2D eigenvalue weighted by atomic mass is 32.2. The third-order valence-corrected chi connectivity index (χ3v) is 5.23. The summed E-state index contributed by atoms with van der Waals surface area (Å²) < 4.78 is 7.83. The molecule has 0 saturated heterocycles. The molecule has 0 aliphatic carbocycles. The SMILES string of the molecule is C=CCn1c(SCC(=O)Nc2ccc(C(N)=O)cc2)nnc1C(C)Oc1ccccc1. The predicted octanol–water partition coefficient (Wildman–Crippen LogP) is 3.43.